The maximum atomic E-state index is 12.3. The average molecular weight is 373 g/mol. The molecule has 0 saturated carbocycles. The normalized spacial score (nSPS) is 16.8. The molecule has 1 fully saturated rings. The minimum atomic E-state index is -0.239. The number of aromatic nitrogens is 2. The molecule has 1 saturated heterocycles. The molecule has 2 N–H and O–H groups in total. The van der Waals surface area contributed by atoms with Gasteiger partial charge in [0.2, 0.25) is 11.8 Å². The van der Waals surface area contributed by atoms with Gasteiger partial charge in [-0.25, -0.2) is 4.98 Å². The molecule has 0 aromatic carbocycles. The summed E-state index contributed by atoms with van der Waals surface area (Å²) in [6.45, 7) is 3.80. The van der Waals surface area contributed by atoms with E-state index < -0.39 is 0 Å². The standard InChI is InChI=1S/C18H23N5O2S/c1-13(16(24)22-18-20-8-11-26-18)23-9-5-14(6-10-23)17(25)21-12-15-4-2-3-7-19-15/h2-4,7-8,11,13-14H,5-6,9-10,12H2,1H3,(H,21,25)(H,20,22,24)/t13-/m0/s1. The van der Waals surface area contributed by atoms with Crippen LogP contribution in [0.5, 0.6) is 0 Å². The second kappa shape index (κ2) is 8.86. The lowest BCUT2D eigenvalue weighted by atomic mass is 9.95. The summed E-state index contributed by atoms with van der Waals surface area (Å²) in [4.78, 5) is 35.1. The maximum Gasteiger partial charge on any atom is 0.243 e. The zero-order valence-corrected chi connectivity index (χ0v) is 15.5. The summed E-state index contributed by atoms with van der Waals surface area (Å²) in [7, 11) is 0. The Morgan fingerprint density at radius 3 is 2.73 bits per heavy atom. The van der Waals surface area contributed by atoms with Gasteiger partial charge in [0.1, 0.15) is 0 Å². The summed E-state index contributed by atoms with van der Waals surface area (Å²) >= 11 is 1.40. The van der Waals surface area contributed by atoms with Gasteiger partial charge in [0.05, 0.1) is 18.3 Å². The van der Waals surface area contributed by atoms with Crippen LogP contribution in [0.3, 0.4) is 0 Å². The molecular formula is C18H23N5O2S. The van der Waals surface area contributed by atoms with Crippen molar-refractivity contribution in [3.8, 4) is 0 Å². The maximum absolute atomic E-state index is 12.3. The second-order valence-electron chi connectivity index (χ2n) is 6.35. The van der Waals surface area contributed by atoms with Gasteiger partial charge < -0.3 is 10.6 Å². The first kappa shape index (κ1) is 18.5. The summed E-state index contributed by atoms with van der Waals surface area (Å²) in [5.74, 6) is -0.00242. The number of likely N-dealkylation sites (tertiary alicyclic amines) is 1. The summed E-state index contributed by atoms with van der Waals surface area (Å²) < 4.78 is 0. The van der Waals surface area contributed by atoms with Crippen LogP contribution in [0.2, 0.25) is 0 Å². The van der Waals surface area contributed by atoms with Gasteiger partial charge in [0, 0.05) is 23.7 Å². The number of nitrogens with zero attached hydrogens (tertiary/aromatic N) is 3. The molecule has 2 aromatic heterocycles. The Bertz CT molecular complexity index is 714. The predicted octanol–water partition coefficient (Wildman–Crippen LogP) is 1.89. The quantitative estimate of drug-likeness (QED) is 0.807. The van der Waals surface area contributed by atoms with Crippen LogP contribution in [-0.2, 0) is 16.1 Å². The van der Waals surface area contributed by atoms with Crippen LogP contribution in [0.1, 0.15) is 25.5 Å². The van der Waals surface area contributed by atoms with E-state index in [1.807, 2.05) is 30.5 Å². The van der Waals surface area contributed by atoms with Gasteiger partial charge in [0.25, 0.3) is 0 Å². The van der Waals surface area contributed by atoms with Gasteiger partial charge >= 0.3 is 0 Å². The van der Waals surface area contributed by atoms with Gasteiger partial charge in [-0.05, 0) is 45.0 Å². The molecule has 1 aliphatic rings. The number of piperidine rings is 1. The first-order valence-electron chi connectivity index (χ1n) is 8.75. The first-order chi connectivity index (χ1) is 12.6. The molecule has 1 atom stereocenters. The number of thiazole rings is 1. The smallest absolute Gasteiger partial charge is 0.243 e. The van der Waals surface area contributed by atoms with Crippen molar-refractivity contribution in [2.75, 3.05) is 18.4 Å². The van der Waals surface area contributed by atoms with Gasteiger partial charge in [-0.3, -0.25) is 19.5 Å². The molecule has 0 spiro atoms. The SMILES string of the molecule is C[C@@H](C(=O)Nc1nccs1)N1CCC(C(=O)NCc2ccccn2)CC1. The molecule has 3 rings (SSSR count). The van der Waals surface area contributed by atoms with Crippen LogP contribution >= 0.6 is 11.3 Å². The van der Waals surface area contributed by atoms with Crippen molar-refractivity contribution < 1.29 is 9.59 Å². The Balaban J connectivity index is 1.43. The Hall–Kier alpha value is -2.32. The number of nitrogens with one attached hydrogen (secondary N) is 2. The molecule has 2 aromatic rings. The summed E-state index contributed by atoms with van der Waals surface area (Å²) in [6.07, 6.45) is 4.89. The summed E-state index contributed by atoms with van der Waals surface area (Å²) in [6, 6.07) is 5.42. The summed E-state index contributed by atoms with van der Waals surface area (Å²) in [5.41, 5.74) is 0.853. The third-order valence-electron chi connectivity index (χ3n) is 4.66. The zero-order valence-electron chi connectivity index (χ0n) is 14.7. The molecule has 0 radical (unpaired) electrons. The molecule has 1 aliphatic heterocycles. The van der Waals surface area contributed by atoms with Crippen molar-refractivity contribution in [1.29, 1.82) is 0 Å². The largest absolute Gasteiger partial charge is 0.350 e. The van der Waals surface area contributed by atoms with E-state index in [-0.39, 0.29) is 23.8 Å². The molecular weight excluding hydrogens is 350 g/mol. The molecule has 8 heteroatoms. The van der Waals surface area contributed by atoms with E-state index in [9.17, 15) is 9.59 Å². The molecule has 0 unspecified atom stereocenters. The fourth-order valence-corrected chi connectivity index (χ4v) is 3.57. The van der Waals surface area contributed by atoms with Gasteiger partial charge in [-0.2, -0.15) is 0 Å². The third-order valence-corrected chi connectivity index (χ3v) is 5.35. The van der Waals surface area contributed by atoms with E-state index >= 15 is 0 Å². The van der Waals surface area contributed by atoms with Crippen molar-refractivity contribution >= 4 is 28.3 Å². The Kier molecular flexibility index (Phi) is 6.30. The first-order valence-corrected chi connectivity index (χ1v) is 9.63. The number of anilines is 1. The lowest BCUT2D eigenvalue weighted by Gasteiger charge is -2.34. The van der Waals surface area contributed by atoms with E-state index in [0.717, 1.165) is 31.6 Å². The molecule has 0 bridgehead atoms. The Morgan fingerprint density at radius 1 is 1.27 bits per heavy atom. The average Bonchev–Trinajstić information content (AvgIpc) is 3.19. The van der Waals surface area contributed by atoms with Crippen LogP contribution in [0.15, 0.2) is 36.0 Å². The Morgan fingerprint density at radius 2 is 2.08 bits per heavy atom. The Labute approximate surface area is 156 Å². The fourth-order valence-electron chi connectivity index (χ4n) is 3.03. The second-order valence-corrected chi connectivity index (χ2v) is 7.25. The van der Waals surface area contributed by atoms with E-state index in [4.69, 9.17) is 0 Å². The highest BCUT2D eigenvalue weighted by Crippen LogP contribution is 2.20. The summed E-state index contributed by atoms with van der Waals surface area (Å²) in [5, 5.41) is 8.24. The number of amides is 2. The lowest BCUT2D eigenvalue weighted by Crippen LogP contribution is -2.48. The van der Waals surface area contributed by atoms with E-state index in [1.54, 1.807) is 12.4 Å². The number of hydrogen-bond donors (Lipinski definition) is 2. The van der Waals surface area contributed by atoms with Gasteiger partial charge in [-0.15, -0.1) is 11.3 Å². The highest BCUT2D eigenvalue weighted by Gasteiger charge is 2.29. The van der Waals surface area contributed by atoms with E-state index in [1.165, 1.54) is 11.3 Å². The van der Waals surface area contributed by atoms with Crippen LogP contribution in [0.25, 0.3) is 0 Å². The van der Waals surface area contributed by atoms with Crippen LogP contribution in [0.4, 0.5) is 5.13 Å². The van der Waals surface area contributed by atoms with Crippen molar-refractivity contribution in [3.05, 3.63) is 41.7 Å². The number of carbonyl (C=O) groups is 2. The molecule has 0 aliphatic carbocycles. The minimum absolute atomic E-state index is 0.0100. The van der Waals surface area contributed by atoms with E-state index in [0.29, 0.717) is 11.7 Å². The van der Waals surface area contributed by atoms with Crippen molar-refractivity contribution in [3.63, 3.8) is 0 Å². The van der Waals surface area contributed by atoms with Crippen LogP contribution < -0.4 is 10.6 Å². The van der Waals surface area contributed by atoms with Crippen molar-refractivity contribution in [2.24, 2.45) is 5.92 Å². The highest BCUT2D eigenvalue weighted by molar-refractivity contribution is 7.13. The molecule has 2 amide bonds. The van der Waals surface area contributed by atoms with Gasteiger partial charge in [-0.1, -0.05) is 6.07 Å². The van der Waals surface area contributed by atoms with Crippen LogP contribution in [-0.4, -0.2) is 45.8 Å². The van der Waals surface area contributed by atoms with Crippen LogP contribution in [0, 0.1) is 5.92 Å². The number of rotatable bonds is 6. The zero-order chi connectivity index (χ0) is 18.4. The minimum Gasteiger partial charge on any atom is -0.350 e. The predicted molar refractivity (Wildman–Crippen MR) is 101 cm³/mol. The van der Waals surface area contributed by atoms with Gasteiger partial charge in [0.15, 0.2) is 5.13 Å². The lowest BCUT2D eigenvalue weighted by molar-refractivity contribution is -0.127. The molecule has 138 valence electrons. The van der Waals surface area contributed by atoms with Crippen molar-refractivity contribution in [2.45, 2.75) is 32.4 Å². The third kappa shape index (κ3) is 4.86. The molecule has 7 nitrogen and oxygen atoms in total. The fraction of sp³-hybridized carbons (Fsp3) is 0.444. The monoisotopic (exact) mass is 373 g/mol. The van der Waals surface area contributed by atoms with E-state index in [2.05, 4.69) is 25.5 Å². The number of carbonyl (C=O) groups excluding carboxylic acids is 2. The van der Waals surface area contributed by atoms with Crippen molar-refractivity contribution in [1.82, 2.24) is 20.2 Å². The topological polar surface area (TPSA) is 87.2 Å². The number of hydrogen-bond acceptors (Lipinski definition) is 6. The molecule has 3 heterocycles. The molecule has 26 heavy (non-hydrogen) atoms. The highest BCUT2D eigenvalue weighted by atomic mass is 32.1. The number of pyridine rings is 1.